The fraction of sp³-hybridized carbons (Fsp3) is 0.200. The number of aldehydes is 2. The van der Waals surface area contributed by atoms with Gasteiger partial charge < -0.3 is 41.6 Å². The molecule has 0 amide bonds. The van der Waals surface area contributed by atoms with Gasteiger partial charge in [0.15, 0.2) is 0 Å². The van der Waals surface area contributed by atoms with Gasteiger partial charge in [-0.15, -0.1) is 0 Å². The molecule has 0 bridgehead atoms. The van der Waals surface area contributed by atoms with E-state index in [1.54, 1.807) is 12.1 Å². The fourth-order valence-electron chi connectivity index (χ4n) is 9.82. The van der Waals surface area contributed by atoms with Crippen molar-refractivity contribution in [2.24, 2.45) is 0 Å². The number of carbonyl (C=O) groups excluding carboxylic acids is 2. The van der Waals surface area contributed by atoms with Crippen LogP contribution in [-0.4, -0.2) is 49.2 Å². The lowest BCUT2D eigenvalue weighted by atomic mass is 9.69. The van der Waals surface area contributed by atoms with Crippen LogP contribution in [-0.2, 0) is 18.6 Å². The molecule has 11 rings (SSSR count). The zero-order valence-electron chi connectivity index (χ0n) is 41.9. The zero-order valence-corrected chi connectivity index (χ0v) is 41.9. The molecule has 2 aliphatic heterocycles. The monoisotopic (exact) mass is 952 g/mol. The summed E-state index contributed by atoms with van der Waals surface area (Å²) in [6, 6.07) is 49.5. The Balaban J connectivity index is 0.000000184. The summed E-state index contributed by atoms with van der Waals surface area (Å²) in [5.41, 5.74) is 36.1. The summed E-state index contributed by atoms with van der Waals surface area (Å²) >= 11 is 0. The third-order valence-electron chi connectivity index (χ3n) is 15.3. The van der Waals surface area contributed by atoms with Crippen LogP contribution in [0, 0.1) is 0 Å². The van der Waals surface area contributed by atoms with Crippen LogP contribution in [0.2, 0.25) is 0 Å². The van der Waals surface area contributed by atoms with Crippen molar-refractivity contribution in [3.63, 3.8) is 0 Å². The third-order valence-corrected chi connectivity index (χ3v) is 15.3. The molecule has 0 saturated carbocycles. The van der Waals surface area contributed by atoms with E-state index in [9.17, 15) is 9.59 Å². The van der Waals surface area contributed by atoms with E-state index in [2.05, 4.69) is 84.9 Å². The molecule has 0 aliphatic carbocycles. The fourth-order valence-corrected chi connectivity index (χ4v) is 9.82. The van der Waals surface area contributed by atoms with E-state index in [0.717, 1.165) is 79.8 Å². The number of rotatable bonds is 8. The van der Waals surface area contributed by atoms with E-state index in [-0.39, 0.29) is 0 Å². The smallest absolute Gasteiger partial charge is 0.399 e. The van der Waals surface area contributed by atoms with Crippen LogP contribution in [0.3, 0.4) is 0 Å². The highest BCUT2D eigenvalue weighted by atomic mass is 16.7. The van der Waals surface area contributed by atoms with Gasteiger partial charge in [-0.25, -0.2) is 0 Å². The Morgan fingerprint density at radius 1 is 0.347 bits per heavy atom. The van der Waals surface area contributed by atoms with Gasteiger partial charge in [0.2, 0.25) is 0 Å². The highest BCUT2D eigenvalue weighted by Crippen LogP contribution is 2.49. The minimum absolute atomic E-state index is 0.383. The van der Waals surface area contributed by atoms with Crippen LogP contribution in [0.25, 0.3) is 76.8 Å². The molecule has 2 saturated heterocycles. The molecule has 8 N–H and O–H groups in total. The zero-order chi connectivity index (χ0) is 51.1. The molecule has 2 fully saturated rings. The Morgan fingerprint density at radius 3 is 0.778 bits per heavy atom. The van der Waals surface area contributed by atoms with Crippen molar-refractivity contribution in [2.45, 2.75) is 77.8 Å². The maximum atomic E-state index is 11.8. The molecule has 2 aliphatic rings. The topological polar surface area (TPSA) is 175 Å². The van der Waals surface area contributed by atoms with Crippen LogP contribution in [0.1, 0.15) is 76.1 Å². The summed E-state index contributed by atoms with van der Waals surface area (Å²) in [4.78, 5) is 23.7. The predicted octanol–water partition coefficient (Wildman–Crippen LogP) is 11.5. The van der Waals surface area contributed by atoms with Crippen LogP contribution in [0.5, 0.6) is 0 Å². The minimum Gasteiger partial charge on any atom is -0.399 e. The predicted molar refractivity (Wildman–Crippen MR) is 298 cm³/mol. The molecular formula is C60H58B2N4O6. The Bertz CT molecular complexity index is 3130. The van der Waals surface area contributed by atoms with E-state index in [1.165, 1.54) is 32.3 Å². The van der Waals surface area contributed by atoms with Gasteiger partial charge in [0.05, 0.1) is 22.4 Å². The van der Waals surface area contributed by atoms with E-state index in [4.69, 9.17) is 41.6 Å². The number of carbonyl (C=O) groups is 2. The van der Waals surface area contributed by atoms with Crippen molar-refractivity contribution in [2.75, 3.05) is 22.9 Å². The molecule has 0 atom stereocenters. The number of nitrogens with two attached hydrogens (primary N) is 4. The van der Waals surface area contributed by atoms with Gasteiger partial charge in [-0.3, -0.25) is 9.59 Å². The highest BCUT2D eigenvalue weighted by Gasteiger charge is 2.54. The quantitative estimate of drug-likeness (QED) is 0.0496. The molecule has 0 spiro atoms. The van der Waals surface area contributed by atoms with E-state index in [0.29, 0.717) is 22.1 Å². The van der Waals surface area contributed by atoms with Gasteiger partial charge in [-0.2, -0.15) is 0 Å². The Hall–Kier alpha value is -7.47. The second kappa shape index (κ2) is 17.7. The molecule has 0 radical (unpaired) electrons. The normalized spacial score (nSPS) is 16.6. The molecular weight excluding hydrogens is 894 g/mol. The molecule has 72 heavy (non-hydrogen) atoms. The summed E-state index contributed by atoms with van der Waals surface area (Å²) < 4.78 is 24.3. The lowest BCUT2D eigenvalue weighted by Crippen LogP contribution is -2.43. The average molecular weight is 953 g/mol. The summed E-state index contributed by atoms with van der Waals surface area (Å²) in [7, 11) is -1.48. The Morgan fingerprint density at radius 2 is 0.569 bits per heavy atom. The van der Waals surface area contributed by atoms with Crippen LogP contribution >= 0.6 is 0 Å². The molecule has 0 aromatic heterocycles. The largest absolute Gasteiger partial charge is 0.495 e. The lowest BCUT2D eigenvalue weighted by molar-refractivity contribution is 0.00578. The summed E-state index contributed by atoms with van der Waals surface area (Å²) in [5, 5.41) is 7.24. The van der Waals surface area contributed by atoms with Gasteiger partial charge in [-0.05, 0) is 204 Å². The minimum atomic E-state index is -0.740. The second-order valence-electron chi connectivity index (χ2n) is 21.0. The van der Waals surface area contributed by atoms with Crippen molar-refractivity contribution >= 4 is 92.8 Å². The van der Waals surface area contributed by atoms with Crippen molar-refractivity contribution in [1.29, 1.82) is 0 Å². The highest BCUT2D eigenvalue weighted by molar-refractivity contribution is 6.66. The number of benzene rings is 9. The second-order valence-corrected chi connectivity index (χ2v) is 21.0. The van der Waals surface area contributed by atoms with Gasteiger partial charge in [-0.1, -0.05) is 84.9 Å². The maximum absolute atomic E-state index is 11.8. The van der Waals surface area contributed by atoms with Gasteiger partial charge in [0.25, 0.3) is 0 Å². The first-order valence-electron chi connectivity index (χ1n) is 24.2. The Kier molecular flexibility index (Phi) is 11.8. The summed E-state index contributed by atoms with van der Waals surface area (Å²) in [6.07, 6.45) is 1.48. The van der Waals surface area contributed by atoms with Crippen molar-refractivity contribution in [3.05, 3.63) is 157 Å². The Labute approximate surface area is 421 Å². The standard InChI is InChI=1S/C40H30N4.C20H28B2O6/c41-27-9-1-23(2-10-27)35-21-36(24-3-11-28(42)12-4-24)32-19-20-34-38(26-7-15-30(44)16-8-26)22-37(25-5-13-29(43)14-6-25)33-18-17-31(35)39(32)40(33)34;1-17(2)18(3,4)26-21(25-17)15-9-14(12-24)16(10-13(15)11-23)22-27-19(5,6)20(7,8)28-22/h1-22H,41-44H2;9-12H,1-8H3. The first-order valence-corrected chi connectivity index (χ1v) is 24.2. The molecule has 0 unspecified atom stereocenters. The first kappa shape index (κ1) is 48.2. The number of nitrogen functional groups attached to an aromatic ring is 4. The molecule has 9 aromatic carbocycles. The van der Waals surface area contributed by atoms with Gasteiger partial charge >= 0.3 is 14.2 Å². The lowest BCUT2D eigenvalue weighted by Gasteiger charge is -2.32. The van der Waals surface area contributed by atoms with E-state index < -0.39 is 36.6 Å². The van der Waals surface area contributed by atoms with Crippen LogP contribution in [0.15, 0.2) is 146 Å². The molecule has 360 valence electrons. The SMILES string of the molecule is CC1(C)OB(c2cc(C=O)c(B3OC(C)(C)C(C)(C)O3)cc2C=O)OC1(C)C.Nc1ccc(-c2cc(-c3ccc(N)cc3)c3ccc4c(-c5ccc(N)cc5)cc(-c5ccc(N)cc5)c5ccc2c3c54)cc1. The molecule has 10 nitrogen and oxygen atoms in total. The van der Waals surface area contributed by atoms with Crippen LogP contribution < -0.4 is 33.9 Å². The van der Waals surface area contributed by atoms with Gasteiger partial charge in [0.1, 0.15) is 12.6 Å². The number of anilines is 4. The molecule has 9 aromatic rings. The van der Waals surface area contributed by atoms with Gasteiger partial charge in [0, 0.05) is 33.9 Å². The number of hydrogen-bond acceptors (Lipinski definition) is 10. The molecule has 12 heteroatoms. The van der Waals surface area contributed by atoms with Crippen molar-refractivity contribution < 1.29 is 28.2 Å². The van der Waals surface area contributed by atoms with Crippen molar-refractivity contribution in [1.82, 2.24) is 0 Å². The van der Waals surface area contributed by atoms with Crippen LogP contribution in [0.4, 0.5) is 22.7 Å². The average Bonchev–Trinajstić information content (AvgIpc) is 3.72. The number of hydrogen-bond donors (Lipinski definition) is 4. The third kappa shape index (κ3) is 8.34. The first-order chi connectivity index (χ1) is 34.2. The van der Waals surface area contributed by atoms with E-state index in [1.807, 2.05) is 104 Å². The summed E-state index contributed by atoms with van der Waals surface area (Å²) in [6.45, 7) is 15.5. The van der Waals surface area contributed by atoms with Crippen molar-refractivity contribution in [3.8, 4) is 44.5 Å². The summed E-state index contributed by atoms with van der Waals surface area (Å²) in [5.74, 6) is 0. The van der Waals surface area contributed by atoms with E-state index >= 15 is 0 Å². The molecule has 2 heterocycles. The maximum Gasteiger partial charge on any atom is 0.495 e.